The predicted octanol–water partition coefficient (Wildman–Crippen LogP) is 19.9. The van der Waals surface area contributed by atoms with E-state index in [0.29, 0.717) is 162 Å². The molecule has 4 aromatic carbocycles. The lowest BCUT2D eigenvalue weighted by Gasteiger charge is -2.32. The summed E-state index contributed by atoms with van der Waals surface area (Å²) in [7, 11) is 11.5. The summed E-state index contributed by atoms with van der Waals surface area (Å²) in [5.74, 6) is 1.40. The fourth-order valence-corrected chi connectivity index (χ4v) is 18.1. The molecule has 5 aliphatic rings. The first-order chi connectivity index (χ1) is 66.8. The highest BCUT2D eigenvalue weighted by atomic mass is 35.5. The summed E-state index contributed by atoms with van der Waals surface area (Å²) >= 11 is 19.9. The van der Waals surface area contributed by atoms with Gasteiger partial charge in [-0.15, -0.1) is 0 Å². The van der Waals surface area contributed by atoms with Crippen molar-refractivity contribution in [3.05, 3.63) is 211 Å². The summed E-state index contributed by atoms with van der Waals surface area (Å²) in [6.07, 6.45) is 25.7. The third-order valence-electron chi connectivity index (χ3n) is 24.8. The van der Waals surface area contributed by atoms with Crippen molar-refractivity contribution in [2.45, 2.75) is 94.3 Å². The summed E-state index contributed by atoms with van der Waals surface area (Å²) in [6.45, 7) is 18.7. The number of halogens is 7. The van der Waals surface area contributed by atoms with Crippen LogP contribution < -0.4 is 59.2 Å². The number of hydrogen-bond donors (Lipinski definition) is 4. The second-order valence-corrected chi connectivity index (χ2v) is 34.4. The van der Waals surface area contributed by atoms with Gasteiger partial charge in [0.15, 0.2) is 69.4 Å². The number of hydrogen-bond acceptors (Lipinski definition) is 29. The first-order valence-corrected chi connectivity index (χ1v) is 45.6. The van der Waals surface area contributed by atoms with E-state index in [4.69, 9.17) is 96.6 Å². The van der Waals surface area contributed by atoms with Gasteiger partial charge in [-0.3, -0.25) is 39.1 Å². The molecule has 17 rings (SSSR count). The third kappa shape index (κ3) is 23.6. The number of carbonyl (C=O) groups excluding carboxylic acids is 4. The molecule has 0 amide bonds. The minimum absolute atomic E-state index is 0.00369. The summed E-state index contributed by atoms with van der Waals surface area (Å²) in [6, 6.07) is 18.2. The van der Waals surface area contributed by atoms with Crippen LogP contribution in [0.2, 0.25) is 15.1 Å². The number of carbonyl (C=O) groups is 4. The van der Waals surface area contributed by atoms with Crippen LogP contribution in [0.15, 0.2) is 167 Å². The van der Waals surface area contributed by atoms with Crippen LogP contribution in [0.25, 0.3) is 88.2 Å². The molecule has 4 N–H and O–H groups in total. The zero-order valence-corrected chi connectivity index (χ0v) is 79.5. The molecule has 0 unspecified atom stereocenters. The maximum Gasteiger partial charge on any atom is 0.223 e. The Morgan fingerprint density at radius 1 is 0.341 bits per heavy atom. The number of methoxy groups -OCH3 is 8. The number of fused-ring (bicyclic) bond motifs is 4. The molecule has 4 saturated heterocycles. The average molecular weight is 1950 g/mol. The average Bonchev–Trinajstić information content (AvgIpc) is 1.41. The molecule has 8 aromatic heterocycles. The minimum Gasteiger partial charge on any atom is -0.496 e. The van der Waals surface area contributed by atoms with E-state index in [1.165, 1.54) is 91.6 Å². The maximum absolute atomic E-state index is 14.9. The van der Waals surface area contributed by atoms with Crippen molar-refractivity contribution in [2.75, 3.05) is 131 Å². The first kappa shape index (κ1) is 101. The summed E-state index contributed by atoms with van der Waals surface area (Å²) in [5, 5.41) is 20.3. The Kier molecular flexibility index (Phi) is 34.1. The highest BCUT2D eigenvalue weighted by Gasteiger charge is 2.37. The van der Waals surface area contributed by atoms with Crippen LogP contribution in [-0.2, 0) is 38.1 Å². The molecule has 4 aliphatic heterocycles. The van der Waals surface area contributed by atoms with Gasteiger partial charge < -0.3 is 78.1 Å². The largest absolute Gasteiger partial charge is 0.496 e. The molecule has 0 radical (unpaired) electrons. The number of ether oxygens (including phenoxy) is 12. The van der Waals surface area contributed by atoms with Crippen molar-refractivity contribution in [3.8, 4) is 91.0 Å². The van der Waals surface area contributed by atoms with Crippen LogP contribution in [-0.4, -0.2) is 202 Å². The molecule has 0 spiro atoms. The molecule has 29 nitrogen and oxygen atoms in total. The minimum atomic E-state index is -0.885. The Morgan fingerprint density at radius 2 is 0.616 bits per heavy atom. The molecule has 138 heavy (non-hydrogen) atoms. The van der Waals surface area contributed by atoms with E-state index < -0.39 is 23.3 Å². The van der Waals surface area contributed by atoms with Gasteiger partial charge in [0.05, 0.1) is 168 Å². The van der Waals surface area contributed by atoms with Crippen molar-refractivity contribution in [1.82, 2.24) is 44.9 Å². The van der Waals surface area contributed by atoms with E-state index >= 15 is 0 Å². The number of nitrogens with one attached hydrogen (secondary N) is 4. The van der Waals surface area contributed by atoms with Crippen molar-refractivity contribution in [2.24, 2.45) is 23.7 Å². The summed E-state index contributed by atoms with van der Waals surface area (Å²) < 4.78 is 124. The van der Waals surface area contributed by atoms with Crippen LogP contribution >= 0.6 is 34.8 Å². The van der Waals surface area contributed by atoms with E-state index in [-0.39, 0.29) is 116 Å². The Labute approximate surface area is 809 Å². The van der Waals surface area contributed by atoms with E-state index in [0.717, 1.165) is 106 Å². The van der Waals surface area contributed by atoms with Crippen LogP contribution in [0.3, 0.4) is 0 Å². The fraction of sp³-hybridized carbons (Fsp3) is 0.343. The van der Waals surface area contributed by atoms with Crippen molar-refractivity contribution in [1.29, 1.82) is 0 Å². The lowest BCUT2D eigenvalue weighted by molar-refractivity contribution is -0.117. The number of ketones is 4. The first-order valence-electron chi connectivity index (χ1n) is 44.5. The van der Waals surface area contributed by atoms with Gasteiger partial charge in [0.2, 0.25) is 5.95 Å². The van der Waals surface area contributed by atoms with Gasteiger partial charge in [0.25, 0.3) is 0 Å². The van der Waals surface area contributed by atoms with Gasteiger partial charge in [-0.25, -0.2) is 42.5 Å². The molecule has 1 saturated carbocycles. The van der Waals surface area contributed by atoms with E-state index in [1.807, 2.05) is 42.7 Å². The number of anilines is 4. The lowest BCUT2D eigenvalue weighted by atomic mass is 9.89. The SMILES string of the molecule is C=CC(=O)C[C@H]1CCOC[C@H]1Nc1cc2cnc(-c3c(Cl)c(OC)cc(OC)c3C3CC3)cc2cn1.C=CC(=O)C[C@H]1CCOC[C@H]1Nc1cc2cnc(-c3c(Cl)c(OC)cc(OC)c3Cl)cc2cn1.C=CC(=O)C[C@H]1CCOC[C@H]1Nc1cc2cnc(-c3c(F)c(OC)cc(OC)c3F)cc2cn1.C=CC(=O)C[C@H]1CCOC[C@H]1Nc1ncc2cc(-c3c(F)c(OC)cc(OC)c3F)ncc2n1. The topological polar surface area (TPSA) is 343 Å². The van der Waals surface area contributed by atoms with Gasteiger partial charge in [-0.1, -0.05) is 61.1 Å². The van der Waals surface area contributed by atoms with E-state index in [9.17, 15) is 36.7 Å². The van der Waals surface area contributed by atoms with Crippen molar-refractivity contribution in [3.63, 3.8) is 0 Å². The second-order valence-electron chi connectivity index (χ2n) is 33.3. The van der Waals surface area contributed by atoms with Crippen LogP contribution in [0.4, 0.5) is 41.0 Å². The molecule has 0 bridgehead atoms. The third-order valence-corrected chi connectivity index (χ3v) is 25.9. The molecule has 8 atom stereocenters. The molecule has 5 fully saturated rings. The van der Waals surface area contributed by atoms with Gasteiger partial charge in [-0.2, -0.15) is 0 Å². The highest BCUT2D eigenvalue weighted by molar-refractivity contribution is 6.41. The smallest absolute Gasteiger partial charge is 0.223 e. The van der Waals surface area contributed by atoms with Crippen molar-refractivity contribution < 1.29 is 93.6 Å². The van der Waals surface area contributed by atoms with Crippen LogP contribution in [0, 0.1) is 46.9 Å². The summed E-state index contributed by atoms with van der Waals surface area (Å²) in [5.41, 5.74) is 3.71. The van der Waals surface area contributed by atoms with Gasteiger partial charge in [0, 0.05) is 174 Å². The standard InChI is InChI=1S/C28H30ClN3O4.C25H25Cl2N3O4.C25H25F2N3O4.C24H24F2N4O4/c1-4-20(33)9-17-7-8-36-15-22(17)32-25-11-19-13-30-21(10-18(19)14-31-25)27-26(16-5-6-16)23(34-2)12-24(35-3)28(27)29;2*1-4-17(31)7-14-5-6-34-13-19(14)30-22-9-16-11-28-18(8-15(16)12-29-22)23-24(26)20(32-2)10-21(33-3)25(23)27;1-4-15(31)7-13-5-6-34-12-18(13)30-24-28-10-14-8-16(27-11-17(14)29-24)21-22(25)19(32-2)9-20(33-3)23(21)26/h4,10-14,16-17,22H,1,5-9,15H2,2-3H3,(H,31,32);2*4,8-12,14,19H,1,5-7,13H2,2-3H3,(H,29,30);4,8-11,13,18H,1,5-7,12H2,2-3H3,(H,28,29,30)/t17-,22-;2*14-,19-;13-,18-/m1111/s1. The van der Waals surface area contributed by atoms with Crippen LogP contribution in [0.1, 0.15) is 75.7 Å². The molecule has 722 valence electrons. The zero-order chi connectivity index (χ0) is 98.0. The predicted molar refractivity (Wildman–Crippen MR) is 522 cm³/mol. The Bertz CT molecular complexity index is 6030. The van der Waals surface area contributed by atoms with Gasteiger partial charge in [-0.05, 0) is 135 Å². The van der Waals surface area contributed by atoms with Gasteiger partial charge in [0.1, 0.15) is 40.5 Å². The number of allylic oxidation sites excluding steroid dienone is 4. The normalized spacial score (nSPS) is 18.3. The molecular weight excluding hydrogens is 1850 g/mol. The number of benzene rings is 4. The number of rotatable bonds is 33. The van der Waals surface area contributed by atoms with Crippen LogP contribution in [0.5, 0.6) is 46.0 Å². The number of pyridine rings is 7. The second kappa shape index (κ2) is 46.7. The Hall–Kier alpha value is -13.3. The van der Waals surface area contributed by atoms with Gasteiger partial charge >= 0.3 is 0 Å². The monoisotopic (exact) mass is 1950 g/mol. The van der Waals surface area contributed by atoms with Crippen molar-refractivity contribution >= 4 is 125 Å². The number of aromatic nitrogens is 9. The molecule has 12 aromatic rings. The Morgan fingerprint density at radius 3 is 0.949 bits per heavy atom. The van der Waals surface area contributed by atoms with E-state index in [1.54, 1.807) is 51.0 Å². The zero-order valence-electron chi connectivity index (χ0n) is 77.2. The molecule has 12 heterocycles. The summed E-state index contributed by atoms with van der Waals surface area (Å²) in [4.78, 5) is 87.8. The Balaban J connectivity index is 0.000000147. The molecular formula is C102H104Cl3F4N13O16. The fourth-order valence-electron chi connectivity index (χ4n) is 17.0. The number of nitrogens with zero attached hydrogens (tertiary/aromatic N) is 9. The maximum atomic E-state index is 14.9. The lowest BCUT2D eigenvalue weighted by Crippen LogP contribution is -2.40. The van der Waals surface area contributed by atoms with E-state index in [2.05, 4.69) is 87.5 Å². The highest BCUT2D eigenvalue weighted by Crippen LogP contribution is 2.54. The molecule has 1 aliphatic carbocycles. The molecule has 36 heteroatoms. The quantitative estimate of drug-likeness (QED) is 0.0219.